The van der Waals surface area contributed by atoms with E-state index >= 15 is 0 Å². The standard InChI is InChI=1S/C20H27NO3/c1-15-14-21(5)16(2)13-20(15,23)12-11-19(3,4)24-18(22)17-9-7-6-8-10-17/h6-10,15-16,23H,13-14H2,1-5H3. The summed E-state index contributed by atoms with van der Waals surface area (Å²) in [4.78, 5) is 14.4. The Morgan fingerprint density at radius 3 is 2.58 bits per heavy atom. The van der Waals surface area contributed by atoms with Crippen molar-refractivity contribution in [3.8, 4) is 11.8 Å². The zero-order valence-electron chi connectivity index (χ0n) is 15.2. The SMILES string of the molecule is CC1CC(O)(C#CC(C)(C)OC(=O)c2ccccc2)C(C)CN1C. The highest BCUT2D eigenvalue weighted by atomic mass is 16.6. The van der Waals surface area contributed by atoms with Gasteiger partial charge in [0.25, 0.3) is 0 Å². The van der Waals surface area contributed by atoms with Crippen molar-refractivity contribution in [1.82, 2.24) is 4.90 Å². The van der Waals surface area contributed by atoms with Crippen molar-refractivity contribution in [3.63, 3.8) is 0 Å². The minimum Gasteiger partial charge on any atom is -0.443 e. The second-order valence-electron chi connectivity index (χ2n) is 7.33. The first-order valence-electron chi connectivity index (χ1n) is 8.38. The fourth-order valence-corrected chi connectivity index (χ4v) is 2.89. The maximum absolute atomic E-state index is 12.2. The number of piperidine rings is 1. The molecule has 0 aliphatic carbocycles. The first-order chi connectivity index (χ1) is 11.1. The third-order valence-electron chi connectivity index (χ3n) is 4.67. The van der Waals surface area contributed by atoms with Crippen LogP contribution in [-0.4, -0.2) is 46.8 Å². The van der Waals surface area contributed by atoms with Crippen molar-refractivity contribution in [2.75, 3.05) is 13.6 Å². The number of likely N-dealkylation sites (tertiary alicyclic amines) is 1. The quantitative estimate of drug-likeness (QED) is 0.669. The fourth-order valence-electron chi connectivity index (χ4n) is 2.89. The summed E-state index contributed by atoms with van der Waals surface area (Å²) in [5.41, 5.74) is -1.52. The molecule has 0 bridgehead atoms. The average molecular weight is 329 g/mol. The van der Waals surface area contributed by atoms with E-state index in [1.807, 2.05) is 13.0 Å². The Balaban J connectivity index is 2.11. The van der Waals surface area contributed by atoms with Gasteiger partial charge in [0, 0.05) is 24.9 Å². The molecule has 24 heavy (non-hydrogen) atoms. The highest BCUT2D eigenvalue weighted by Crippen LogP contribution is 2.30. The van der Waals surface area contributed by atoms with Crippen LogP contribution in [0.25, 0.3) is 0 Å². The second-order valence-corrected chi connectivity index (χ2v) is 7.33. The van der Waals surface area contributed by atoms with Gasteiger partial charge in [-0.3, -0.25) is 0 Å². The predicted molar refractivity (Wildman–Crippen MR) is 94.5 cm³/mol. The van der Waals surface area contributed by atoms with Crippen LogP contribution in [0.2, 0.25) is 0 Å². The van der Waals surface area contributed by atoms with Gasteiger partial charge in [-0.25, -0.2) is 4.79 Å². The van der Waals surface area contributed by atoms with E-state index < -0.39 is 17.2 Å². The van der Waals surface area contributed by atoms with E-state index in [0.717, 1.165) is 6.54 Å². The number of carbonyl (C=O) groups is 1. The summed E-state index contributed by atoms with van der Waals surface area (Å²) >= 11 is 0. The first kappa shape index (κ1) is 18.5. The van der Waals surface area contributed by atoms with Crippen molar-refractivity contribution < 1.29 is 14.6 Å². The summed E-state index contributed by atoms with van der Waals surface area (Å²) < 4.78 is 5.51. The van der Waals surface area contributed by atoms with Crippen LogP contribution in [0, 0.1) is 17.8 Å². The number of carbonyl (C=O) groups excluding carboxylic acids is 1. The molecule has 4 nitrogen and oxygen atoms in total. The number of aliphatic hydroxyl groups is 1. The van der Waals surface area contributed by atoms with E-state index in [9.17, 15) is 9.90 Å². The van der Waals surface area contributed by atoms with Crippen molar-refractivity contribution in [3.05, 3.63) is 35.9 Å². The van der Waals surface area contributed by atoms with E-state index in [2.05, 4.69) is 30.7 Å². The van der Waals surface area contributed by atoms with Gasteiger partial charge in [0.2, 0.25) is 0 Å². The molecule has 0 spiro atoms. The Morgan fingerprint density at radius 1 is 1.33 bits per heavy atom. The van der Waals surface area contributed by atoms with Gasteiger partial charge in [0.1, 0.15) is 5.60 Å². The zero-order chi connectivity index (χ0) is 18.0. The molecular formula is C20H27NO3. The van der Waals surface area contributed by atoms with Crippen LogP contribution in [-0.2, 0) is 4.74 Å². The summed E-state index contributed by atoms with van der Waals surface area (Å²) in [6.07, 6.45) is 0.584. The van der Waals surface area contributed by atoms with Crippen LogP contribution in [0.15, 0.2) is 30.3 Å². The van der Waals surface area contributed by atoms with E-state index in [4.69, 9.17) is 4.74 Å². The Morgan fingerprint density at radius 2 is 1.96 bits per heavy atom. The molecule has 2 rings (SSSR count). The lowest BCUT2D eigenvalue weighted by Gasteiger charge is -2.43. The number of ether oxygens (including phenoxy) is 1. The molecule has 130 valence electrons. The molecule has 1 aliphatic heterocycles. The van der Waals surface area contributed by atoms with E-state index in [1.54, 1.807) is 38.1 Å². The van der Waals surface area contributed by atoms with E-state index in [1.165, 1.54) is 0 Å². The van der Waals surface area contributed by atoms with Crippen LogP contribution in [0.5, 0.6) is 0 Å². The Hall–Kier alpha value is -1.83. The number of hydrogen-bond acceptors (Lipinski definition) is 4. The number of rotatable bonds is 2. The third-order valence-corrected chi connectivity index (χ3v) is 4.67. The van der Waals surface area contributed by atoms with Gasteiger partial charge in [-0.15, -0.1) is 0 Å². The molecule has 0 aromatic heterocycles. The smallest absolute Gasteiger partial charge is 0.339 e. The fraction of sp³-hybridized carbons (Fsp3) is 0.550. The van der Waals surface area contributed by atoms with Crippen molar-refractivity contribution >= 4 is 5.97 Å². The molecule has 1 aromatic rings. The van der Waals surface area contributed by atoms with Crippen LogP contribution in [0.3, 0.4) is 0 Å². The Labute approximate surface area is 144 Å². The van der Waals surface area contributed by atoms with Crippen LogP contribution in [0.4, 0.5) is 0 Å². The van der Waals surface area contributed by atoms with E-state index in [-0.39, 0.29) is 12.0 Å². The molecule has 1 saturated heterocycles. The molecule has 1 fully saturated rings. The maximum Gasteiger partial charge on any atom is 0.339 e. The zero-order valence-corrected chi connectivity index (χ0v) is 15.2. The molecule has 0 amide bonds. The lowest BCUT2D eigenvalue weighted by Crippen LogP contribution is -2.52. The summed E-state index contributed by atoms with van der Waals surface area (Å²) in [5, 5.41) is 10.9. The molecule has 1 N–H and O–H groups in total. The lowest BCUT2D eigenvalue weighted by atomic mass is 9.79. The van der Waals surface area contributed by atoms with E-state index in [0.29, 0.717) is 12.0 Å². The monoisotopic (exact) mass is 329 g/mol. The highest BCUT2D eigenvalue weighted by molar-refractivity contribution is 5.89. The predicted octanol–water partition coefficient (Wildman–Crippen LogP) is 2.72. The largest absolute Gasteiger partial charge is 0.443 e. The van der Waals surface area contributed by atoms with Crippen LogP contribution >= 0.6 is 0 Å². The van der Waals surface area contributed by atoms with Crippen molar-refractivity contribution in [1.29, 1.82) is 0 Å². The molecular weight excluding hydrogens is 302 g/mol. The summed E-state index contributed by atoms with van der Waals surface area (Å²) in [6.45, 7) is 8.36. The normalized spacial score (nSPS) is 27.9. The molecule has 1 heterocycles. The Kier molecular flexibility index (Phi) is 5.37. The topological polar surface area (TPSA) is 49.8 Å². The molecule has 4 heteroatoms. The average Bonchev–Trinajstić information content (AvgIpc) is 2.52. The molecule has 0 radical (unpaired) electrons. The van der Waals surface area contributed by atoms with Crippen molar-refractivity contribution in [2.24, 2.45) is 5.92 Å². The number of benzene rings is 1. The molecule has 1 aromatic carbocycles. The summed E-state index contributed by atoms with van der Waals surface area (Å²) in [5.74, 6) is 5.60. The highest BCUT2D eigenvalue weighted by Gasteiger charge is 2.40. The van der Waals surface area contributed by atoms with Crippen LogP contribution in [0.1, 0.15) is 44.5 Å². The van der Waals surface area contributed by atoms with Gasteiger partial charge in [0.05, 0.1) is 5.56 Å². The molecule has 1 aliphatic rings. The second kappa shape index (κ2) is 6.96. The minimum atomic E-state index is -1.05. The van der Waals surface area contributed by atoms with Gasteiger partial charge in [-0.2, -0.15) is 0 Å². The summed E-state index contributed by atoms with van der Waals surface area (Å²) in [7, 11) is 2.06. The van der Waals surface area contributed by atoms with Gasteiger partial charge in [0.15, 0.2) is 5.60 Å². The van der Waals surface area contributed by atoms with Crippen molar-refractivity contribution in [2.45, 2.75) is 51.4 Å². The maximum atomic E-state index is 12.2. The first-order valence-corrected chi connectivity index (χ1v) is 8.38. The minimum absolute atomic E-state index is 0.0341. The molecule has 3 unspecified atom stereocenters. The number of esters is 1. The summed E-state index contributed by atoms with van der Waals surface area (Å²) in [6, 6.07) is 9.11. The number of nitrogens with zero attached hydrogens (tertiary/aromatic N) is 1. The number of hydrogen-bond donors (Lipinski definition) is 1. The Bertz CT molecular complexity index is 644. The third kappa shape index (κ3) is 4.37. The van der Waals surface area contributed by atoms with Gasteiger partial charge < -0.3 is 14.7 Å². The lowest BCUT2D eigenvalue weighted by molar-refractivity contribution is -0.0354. The molecule has 3 atom stereocenters. The van der Waals surface area contributed by atoms with Gasteiger partial charge >= 0.3 is 5.97 Å². The van der Waals surface area contributed by atoms with Gasteiger partial charge in [-0.1, -0.05) is 37.0 Å². The van der Waals surface area contributed by atoms with Crippen LogP contribution < -0.4 is 0 Å². The van der Waals surface area contributed by atoms with Gasteiger partial charge in [-0.05, 0) is 40.0 Å². The molecule has 0 saturated carbocycles.